The van der Waals surface area contributed by atoms with Gasteiger partial charge in [0.1, 0.15) is 11.6 Å². The molecule has 0 spiro atoms. The summed E-state index contributed by atoms with van der Waals surface area (Å²) in [6.07, 6.45) is 1.18. The highest BCUT2D eigenvalue weighted by molar-refractivity contribution is 5.80. The summed E-state index contributed by atoms with van der Waals surface area (Å²) >= 11 is 0. The van der Waals surface area contributed by atoms with Crippen molar-refractivity contribution in [2.75, 3.05) is 19.0 Å². The summed E-state index contributed by atoms with van der Waals surface area (Å²) in [5.41, 5.74) is 3.23. The Morgan fingerprint density at radius 3 is 2.58 bits per heavy atom. The Morgan fingerprint density at radius 1 is 1.19 bits per heavy atom. The predicted molar refractivity (Wildman–Crippen MR) is 106 cm³/mol. The van der Waals surface area contributed by atoms with Crippen LogP contribution in [0.2, 0.25) is 0 Å². The maximum atomic E-state index is 12.4. The molecule has 1 heterocycles. The minimum Gasteiger partial charge on any atom is -0.481 e. The van der Waals surface area contributed by atoms with Crippen molar-refractivity contribution in [3.63, 3.8) is 0 Å². The monoisotopic (exact) mass is 355 g/mol. The van der Waals surface area contributed by atoms with Crippen LogP contribution < -0.4 is 15.0 Å². The molecule has 5 nitrogen and oxygen atoms in total. The largest absolute Gasteiger partial charge is 0.481 e. The first kappa shape index (κ1) is 19.8. The first-order valence-electron chi connectivity index (χ1n) is 8.95. The molecule has 2 aromatic rings. The lowest BCUT2D eigenvalue weighted by Crippen LogP contribution is -2.36. The Kier molecular flexibility index (Phi) is 6.61. The van der Waals surface area contributed by atoms with Crippen molar-refractivity contribution in [2.24, 2.45) is 0 Å². The minimum absolute atomic E-state index is 0.135. The van der Waals surface area contributed by atoms with Gasteiger partial charge in [0.25, 0.3) is 5.91 Å². The molecule has 0 bridgehead atoms. The van der Waals surface area contributed by atoms with Gasteiger partial charge in [0, 0.05) is 26.8 Å². The van der Waals surface area contributed by atoms with Crippen LogP contribution in [0, 0.1) is 6.92 Å². The van der Waals surface area contributed by atoms with E-state index in [-0.39, 0.29) is 5.91 Å². The molecule has 2 rings (SSSR count). The maximum absolute atomic E-state index is 12.4. The smallest absolute Gasteiger partial charge is 0.261 e. The van der Waals surface area contributed by atoms with E-state index in [2.05, 4.69) is 36.3 Å². The van der Waals surface area contributed by atoms with E-state index in [0.29, 0.717) is 12.5 Å². The molecule has 26 heavy (non-hydrogen) atoms. The molecule has 0 fully saturated rings. The predicted octanol–water partition coefficient (Wildman–Crippen LogP) is 3.66. The average Bonchev–Trinajstić information content (AvgIpc) is 2.59. The van der Waals surface area contributed by atoms with Crippen LogP contribution in [0.3, 0.4) is 0 Å². The van der Waals surface area contributed by atoms with E-state index in [1.807, 2.05) is 44.1 Å². The highest BCUT2D eigenvalue weighted by Crippen LogP contribution is 2.28. The number of aromatic nitrogens is 1. The van der Waals surface area contributed by atoms with Crippen molar-refractivity contribution in [1.82, 2.24) is 10.3 Å². The molecule has 0 saturated carbocycles. The van der Waals surface area contributed by atoms with Gasteiger partial charge >= 0.3 is 0 Å². The summed E-state index contributed by atoms with van der Waals surface area (Å²) in [6.45, 7) is 8.48. The fourth-order valence-corrected chi connectivity index (χ4v) is 2.61. The fraction of sp³-hybridized carbons (Fsp3) is 0.429. The van der Waals surface area contributed by atoms with Gasteiger partial charge in [-0.25, -0.2) is 4.98 Å². The topological polar surface area (TPSA) is 54.5 Å². The van der Waals surface area contributed by atoms with Crippen molar-refractivity contribution in [2.45, 2.75) is 46.3 Å². The van der Waals surface area contributed by atoms with Crippen LogP contribution >= 0.6 is 0 Å². The van der Waals surface area contributed by atoms with Gasteiger partial charge < -0.3 is 15.0 Å². The number of carbonyl (C=O) groups is 1. The van der Waals surface area contributed by atoms with Gasteiger partial charge in [0.2, 0.25) is 0 Å². The second-order valence-electron chi connectivity index (χ2n) is 7.09. The number of pyridine rings is 1. The van der Waals surface area contributed by atoms with Crippen molar-refractivity contribution in [1.29, 1.82) is 0 Å². The number of nitrogens with one attached hydrogen (secondary N) is 1. The number of anilines is 1. The summed E-state index contributed by atoms with van der Waals surface area (Å²) < 4.78 is 5.97. The maximum Gasteiger partial charge on any atom is 0.261 e. The third-order valence-electron chi connectivity index (χ3n) is 4.20. The fourth-order valence-electron chi connectivity index (χ4n) is 2.61. The Labute approximate surface area is 156 Å². The van der Waals surface area contributed by atoms with Gasteiger partial charge in [0.05, 0.1) is 0 Å². The van der Waals surface area contributed by atoms with Crippen molar-refractivity contribution < 1.29 is 9.53 Å². The van der Waals surface area contributed by atoms with Crippen LogP contribution in [0.25, 0.3) is 0 Å². The number of carbonyl (C=O) groups excluding carboxylic acids is 1. The second kappa shape index (κ2) is 8.70. The summed E-state index contributed by atoms with van der Waals surface area (Å²) in [5.74, 6) is 1.84. The Morgan fingerprint density at radius 2 is 1.92 bits per heavy atom. The number of aryl methyl sites for hydroxylation is 1. The molecule has 1 atom stereocenters. The summed E-state index contributed by atoms with van der Waals surface area (Å²) in [5, 5.41) is 2.94. The number of benzene rings is 1. The molecule has 1 aromatic heterocycles. The number of rotatable bonds is 7. The zero-order valence-electron chi connectivity index (χ0n) is 16.5. The lowest BCUT2D eigenvalue weighted by Gasteiger charge is -2.19. The van der Waals surface area contributed by atoms with E-state index in [0.717, 1.165) is 28.3 Å². The highest BCUT2D eigenvalue weighted by Gasteiger charge is 2.17. The number of ether oxygens (including phenoxy) is 1. The number of nitrogens with zero attached hydrogens (tertiary/aromatic N) is 2. The minimum atomic E-state index is -0.565. The standard InChI is InChI=1S/C21H29N3O2/c1-14(2)18-8-7-15(3)11-19(18)26-16(4)21(25)23-13-17-9-10-22-20(12-17)24(5)6/h7-12,14,16H,13H2,1-6H3,(H,23,25). The first-order valence-corrected chi connectivity index (χ1v) is 8.95. The number of hydrogen-bond donors (Lipinski definition) is 1. The van der Waals surface area contributed by atoms with Crippen LogP contribution in [-0.4, -0.2) is 31.1 Å². The lowest BCUT2D eigenvalue weighted by atomic mass is 10.0. The molecule has 0 saturated heterocycles. The van der Waals surface area contributed by atoms with Crippen molar-refractivity contribution in [3.8, 4) is 5.75 Å². The third kappa shape index (κ3) is 5.22. The summed E-state index contributed by atoms with van der Waals surface area (Å²) in [7, 11) is 3.88. The summed E-state index contributed by atoms with van der Waals surface area (Å²) in [4.78, 5) is 18.7. The zero-order chi connectivity index (χ0) is 19.3. The Balaban J connectivity index is 2.00. The highest BCUT2D eigenvalue weighted by atomic mass is 16.5. The van der Waals surface area contributed by atoms with Crippen LogP contribution in [0.15, 0.2) is 36.5 Å². The summed E-state index contributed by atoms with van der Waals surface area (Å²) in [6, 6.07) is 9.99. The molecule has 1 N–H and O–H groups in total. The van der Waals surface area contributed by atoms with Crippen LogP contribution in [0.4, 0.5) is 5.82 Å². The first-order chi connectivity index (χ1) is 12.3. The van der Waals surface area contributed by atoms with E-state index in [1.165, 1.54) is 0 Å². The molecule has 1 aromatic carbocycles. The molecule has 140 valence electrons. The van der Waals surface area contributed by atoms with Crippen LogP contribution in [0.1, 0.15) is 43.4 Å². The molecule has 1 amide bonds. The SMILES string of the molecule is Cc1ccc(C(C)C)c(OC(C)C(=O)NCc2ccnc(N(C)C)c2)c1. The van der Waals surface area contributed by atoms with E-state index in [4.69, 9.17) is 4.74 Å². The molecular weight excluding hydrogens is 326 g/mol. The molecule has 0 aliphatic rings. The molecule has 1 unspecified atom stereocenters. The third-order valence-corrected chi connectivity index (χ3v) is 4.20. The average molecular weight is 355 g/mol. The van der Waals surface area contributed by atoms with Gasteiger partial charge in [-0.3, -0.25) is 4.79 Å². The molecule has 0 aliphatic heterocycles. The van der Waals surface area contributed by atoms with Gasteiger partial charge in [-0.15, -0.1) is 0 Å². The molecule has 0 aliphatic carbocycles. The van der Waals surface area contributed by atoms with Gasteiger partial charge in [-0.1, -0.05) is 26.0 Å². The van der Waals surface area contributed by atoms with Crippen molar-refractivity contribution >= 4 is 11.7 Å². The lowest BCUT2D eigenvalue weighted by molar-refractivity contribution is -0.127. The Hall–Kier alpha value is -2.56. The quantitative estimate of drug-likeness (QED) is 0.823. The molecule has 0 radical (unpaired) electrons. The zero-order valence-corrected chi connectivity index (χ0v) is 16.5. The number of hydrogen-bond acceptors (Lipinski definition) is 4. The normalized spacial score (nSPS) is 12.0. The van der Waals surface area contributed by atoms with E-state index < -0.39 is 6.10 Å². The van der Waals surface area contributed by atoms with E-state index in [1.54, 1.807) is 13.1 Å². The number of amides is 1. The Bertz CT molecular complexity index is 757. The van der Waals surface area contributed by atoms with E-state index in [9.17, 15) is 4.79 Å². The van der Waals surface area contributed by atoms with Gasteiger partial charge in [-0.2, -0.15) is 0 Å². The van der Waals surface area contributed by atoms with Crippen molar-refractivity contribution in [3.05, 3.63) is 53.2 Å². The van der Waals surface area contributed by atoms with Crippen LogP contribution in [0.5, 0.6) is 5.75 Å². The molecule has 5 heteroatoms. The van der Waals surface area contributed by atoms with E-state index >= 15 is 0 Å². The van der Waals surface area contributed by atoms with Gasteiger partial charge in [-0.05, 0) is 54.7 Å². The van der Waals surface area contributed by atoms with Gasteiger partial charge in [0.15, 0.2) is 6.10 Å². The molecular formula is C21H29N3O2. The second-order valence-corrected chi connectivity index (χ2v) is 7.09. The van der Waals surface area contributed by atoms with Crippen LogP contribution in [-0.2, 0) is 11.3 Å².